The average molecular weight is 408 g/mol. The highest BCUT2D eigenvalue weighted by atomic mass is 16.5. The predicted molar refractivity (Wildman–Crippen MR) is 104 cm³/mol. The van der Waals surface area contributed by atoms with Gasteiger partial charge in [-0.05, 0) is 35.9 Å². The molecule has 2 heterocycles. The van der Waals surface area contributed by atoms with Crippen LogP contribution in [0.2, 0.25) is 0 Å². The summed E-state index contributed by atoms with van der Waals surface area (Å²) in [6.07, 6.45) is 0. The van der Waals surface area contributed by atoms with E-state index in [2.05, 4.69) is 0 Å². The molecule has 0 bridgehead atoms. The number of carboxylic acids is 2. The van der Waals surface area contributed by atoms with Crippen molar-refractivity contribution >= 4 is 33.9 Å². The monoisotopic (exact) mass is 408 g/mol. The number of rotatable bonds is 4. The Labute approximate surface area is 166 Å². The van der Waals surface area contributed by atoms with Crippen LogP contribution in [0.4, 0.5) is 0 Å². The van der Waals surface area contributed by atoms with Crippen molar-refractivity contribution in [3.8, 4) is 16.9 Å². The molecule has 0 aliphatic rings. The molecule has 0 fully saturated rings. The summed E-state index contributed by atoms with van der Waals surface area (Å²) in [6.45, 7) is 0. The second-order valence-electron chi connectivity index (χ2n) is 6.33. The Balaban J connectivity index is 2.23. The number of methoxy groups -OCH3 is 1. The molecule has 0 radical (unpaired) electrons. The van der Waals surface area contributed by atoms with Crippen LogP contribution in [0.3, 0.4) is 0 Å². The zero-order valence-corrected chi connectivity index (χ0v) is 15.3. The Morgan fingerprint density at radius 3 is 1.83 bits per heavy atom. The number of ether oxygens (including phenoxy) is 1. The third-order valence-corrected chi connectivity index (χ3v) is 4.54. The van der Waals surface area contributed by atoms with Gasteiger partial charge in [-0.15, -0.1) is 0 Å². The molecule has 0 aliphatic heterocycles. The number of benzene rings is 2. The van der Waals surface area contributed by atoms with E-state index < -0.39 is 34.3 Å². The van der Waals surface area contributed by atoms with Crippen LogP contribution < -0.4 is 16.0 Å². The summed E-state index contributed by atoms with van der Waals surface area (Å²) in [5.41, 5.74) is -2.74. The van der Waals surface area contributed by atoms with Crippen LogP contribution in [0.25, 0.3) is 33.1 Å². The van der Waals surface area contributed by atoms with Crippen LogP contribution in [0, 0.1) is 0 Å². The summed E-state index contributed by atoms with van der Waals surface area (Å²) >= 11 is 0. The lowest BCUT2D eigenvalue weighted by Crippen LogP contribution is -2.14. The Bertz CT molecular complexity index is 1390. The van der Waals surface area contributed by atoms with Crippen molar-refractivity contribution in [2.45, 2.75) is 0 Å². The molecule has 0 atom stereocenters. The molecule has 0 spiro atoms. The first kappa shape index (κ1) is 18.9. The van der Waals surface area contributed by atoms with E-state index >= 15 is 0 Å². The fraction of sp³-hybridized carbons (Fsp3) is 0.0476. The molecule has 2 N–H and O–H groups in total. The largest absolute Gasteiger partial charge is 0.497 e. The van der Waals surface area contributed by atoms with Gasteiger partial charge in [0.1, 0.15) is 28.0 Å². The van der Waals surface area contributed by atoms with Gasteiger partial charge in [-0.25, -0.2) is 19.2 Å². The van der Waals surface area contributed by atoms with Crippen LogP contribution in [0.1, 0.15) is 20.7 Å². The smallest absolute Gasteiger partial charge is 0.351 e. The lowest BCUT2D eigenvalue weighted by Gasteiger charge is -2.11. The van der Waals surface area contributed by atoms with E-state index in [1.165, 1.54) is 13.2 Å². The van der Waals surface area contributed by atoms with Crippen LogP contribution in [-0.2, 0) is 0 Å². The highest BCUT2D eigenvalue weighted by molar-refractivity contribution is 6.09. The first-order chi connectivity index (χ1) is 14.3. The molecular formula is C21H12O9. The summed E-state index contributed by atoms with van der Waals surface area (Å²) in [5, 5.41) is 18.9. The first-order valence-electron chi connectivity index (χ1n) is 8.50. The van der Waals surface area contributed by atoms with E-state index in [1.807, 2.05) is 0 Å². The average Bonchev–Trinajstić information content (AvgIpc) is 2.71. The minimum Gasteiger partial charge on any atom is -0.497 e. The van der Waals surface area contributed by atoms with Crippen molar-refractivity contribution in [2.75, 3.05) is 7.11 Å². The van der Waals surface area contributed by atoms with Crippen LogP contribution in [0.15, 0.2) is 60.9 Å². The van der Waals surface area contributed by atoms with Gasteiger partial charge in [0, 0.05) is 10.8 Å². The van der Waals surface area contributed by atoms with Gasteiger partial charge >= 0.3 is 23.2 Å². The van der Waals surface area contributed by atoms with E-state index in [-0.39, 0.29) is 27.5 Å². The zero-order valence-electron chi connectivity index (χ0n) is 15.3. The van der Waals surface area contributed by atoms with Gasteiger partial charge < -0.3 is 23.8 Å². The predicted octanol–water partition coefficient (Wildman–Crippen LogP) is 2.97. The number of hydrogen-bond acceptors (Lipinski definition) is 7. The highest BCUT2D eigenvalue weighted by Crippen LogP contribution is 2.37. The lowest BCUT2D eigenvalue weighted by molar-refractivity contribution is 0.0681. The minimum atomic E-state index is -1.47. The van der Waals surface area contributed by atoms with Crippen molar-refractivity contribution in [3.63, 3.8) is 0 Å². The van der Waals surface area contributed by atoms with E-state index in [4.69, 9.17) is 13.6 Å². The van der Waals surface area contributed by atoms with Crippen molar-refractivity contribution in [1.29, 1.82) is 0 Å². The quantitative estimate of drug-likeness (QED) is 0.384. The molecule has 0 saturated carbocycles. The van der Waals surface area contributed by atoms with Crippen molar-refractivity contribution in [2.24, 2.45) is 0 Å². The normalized spacial score (nSPS) is 11.0. The van der Waals surface area contributed by atoms with Gasteiger partial charge in [0.2, 0.25) is 0 Å². The SMILES string of the molecule is COc1cccc(-c2c3oc(=O)c(C(=O)O)cc3cc3cc(C(=O)O)c(=O)oc23)c1. The summed E-state index contributed by atoms with van der Waals surface area (Å²) in [6, 6.07) is 10.2. The second-order valence-corrected chi connectivity index (χ2v) is 6.33. The van der Waals surface area contributed by atoms with Gasteiger partial charge in [0.05, 0.1) is 12.7 Å². The highest BCUT2D eigenvalue weighted by Gasteiger charge is 2.21. The van der Waals surface area contributed by atoms with Gasteiger partial charge in [-0.1, -0.05) is 12.1 Å². The third-order valence-electron chi connectivity index (χ3n) is 4.54. The van der Waals surface area contributed by atoms with Crippen molar-refractivity contribution in [3.05, 3.63) is 74.4 Å². The molecule has 9 nitrogen and oxygen atoms in total. The fourth-order valence-electron chi connectivity index (χ4n) is 3.19. The molecule has 0 saturated heterocycles. The van der Waals surface area contributed by atoms with E-state index in [0.717, 1.165) is 12.1 Å². The maximum atomic E-state index is 12.2. The zero-order chi connectivity index (χ0) is 21.6. The van der Waals surface area contributed by atoms with E-state index in [9.17, 15) is 29.4 Å². The second kappa shape index (κ2) is 6.89. The van der Waals surface area contributed by atoms with Gasteiger partial charge in [-0.2, -0.15) is 0 Å². The topological polar surface area (TPSA) is 144 Å². The fourth-order valence-corrected chi connectivity index (χ4v) is 3.19. The van der Waals surface area contributed by atoms with Crippen LogP contribution >= 0.6 is 0 Å². The Hall–Kier alpha value is -4.40. The van der Waals surface area contributed by atoms with E-state index in [0.29, 0.717) is 11.3 Å². The number of carbonyl (C=O) groups is 2. The summed E-state index contributed by atoms with van der Waals surface area (Å²) in [4.78, 5) is 47.1. The third kappa shape index (κ3) is 2.98. The Morgan fingerprint density at radius 1 is 0.833 bits per heavy atom. The molecule has 4 aromatic rings. The van der Waals surface area contributed by atoms with Gasteiger partial charge in [-0.3, -0.25) is 0 Å². The molecule has 0 unspecified atom stereocenters. The van der Waals surface area contributed by atoms with Crippen molar-refractivity contribution < 1.29 is 33.4 Å². The number of aromatic carboxylic acids is 2. The molecule has 30 heavy (non-hydrogen) atoms. The molecule has 150 valence electrons. The minimum absolute atomic E-state index is 0.0167. The van der Waals surface area contributed by atoms with Crippen LogP contribution in [-0.4, -0.2) is 29.3 Å². The van der Waals surface area contributed by atoms with Gasteiger partial charge in [0.25, 0.3) is 0 Å². The van der Waals surface area contributed by atoms with Gasteiger partial charge in [0.15, 0.2) is 0 Å². The number of fused-ring (bicyclic) bond motifs is 2. The van der Waals surface area contributed by atoms with Crippen molar-refractivity contribution in [1.82, 2.24) is 0 Å². The maximum Gasteiger partial charge on any atom is 0.351 e. The standard InChI is InChI=1S/C21H12O9/c1-28-12-4-2-3-9(6-12)15-16-10(7-13(18(22)23)20(26)29-16)5-11-8-14(19(24)25)21(27)30-17(11)15/h2-8H,1H3,(H,22,23)(H,24,25). The van der Waals surface area contributed by atoms with E-state index in [1.54, 1.807) is 24.3 Å². The maximum absolute atomic E-state index is 12.2. The number of hydrogen-bond donors (Lipinski definition) is 2. The molecule has 4 rings (SSSR count). The molecule has 9 heteroatoms. The molecular weight excluding hydrogens is 396 g/mol. The lowest BCUT2D eigenvalue weighted by atomic mass is 9.98. The molecule has 0 aliphatic carbocycles. The summed E-state index contributed by atoms with van der Waals surface area (Å²) in [5.74, 6) is -2.48. The molecule has 2 aromatic carbocycles. The Kier molecular flexibility index (Phi) is 4.35. The van der Waals surface area contributed by atoms with Crippen LogP contribution in [0.5, 0.6) is 5.75 Å². The molecule has 0 amide bonds. The summed E-state index contributed by atoms with van der Waals surface area (Å²) < 4.78 is 15.8. The first-order valence-corrected chi connectivity index (χ1v) is 8.50. The summed E-state index contributed by atoms with van der Waals surface area (Å²) in [7, 11) is 1.46. The number of carboxylic acid groups (broad SMARTS) is 2. The Morgan fingerprint density at radius 2 is 1.37 bits per heavy atom. The molecule has 2 aromatic heterocycles.